The van der Waals surface area contributed by atoms with Crippen molar-refractivity contribution < 1.29 is 19.3 Å². The zero-order valence-electron chi connectivity index (χ0n) is 14.2. The molecule has 1 aromatic carbocycles. The minimum absolute atomic E-state index is 0.0520. The lowest BCUT2D eigenvalue weighted by Crippen LogP contribution is -2.42. The van der Waals surface area contributed by atoms with Gasteiger partial charge in [0.2, 0.25) is 0 Å². The van der Waals surface area contributed by atoms with Crippen LogP contribution in [0.2, 0.25) is 0 Å². The van der Waals surface area contributed by atoms with E-state index in [2.05, 4.69) is 10.6 Å². The highest BCUT2D eigenvalue weighted by atomic mass is 16.6. The fourth-order valence-electron chi connectivity index (χ4n) is 3.34. The number of nitro groups is 1. The topological polar surface area (TPSA) is 122 Å². The van der Waals surface area contributed by atoms with Crippen LogP contribution in [0.5, 0.6) is 0 Å². The van der Waals surface area contributed by atoms with Gasteiger partial charge in [-0.3, -0.25) is 24.6 Å². The van der Waals surface area contributed by atoms with Crippen LogP contribution in [-0.4, -0.2) is 46.8 Å². The highest BCUT2D eigenvalue weighted by molar-refractivity contribution is 6.21. The molecule has 0 saturated heterocycles. The van der Waals surface area contributed by atoms with Crippen molar-refractivity contribution in [1.82, 2.24) is 15.5 Å². The summed E-state index contributed by atoms with van der Waals surface area (Å²) in [5, 5.41) is 16.4. The molecule has 1 aromatic rings. The molecule has 1 fully saturated rings. The lowest BCUT2D eigenvalue weighted by Gasteiger charge is -2.15. The minimum Gasteiger partial charge on any atom is -0.338 e. The van der Waals surface area contributed by atoms with Gasteiger partial charge >= 0.3 is 6.03 Å². The first kappa shape index (κ1) is 17.8. The number of non-ortho nitro benzene ring substituents is 1. The van der Waals surface area contributed by atoms with Crippen LogP contribution in [0.15, 0.2) is 18.2 Å². The maximum atomic E-state index is 12.3. The highest BCUT2D eigenvalue weighted by Gasteiger charge is 2.36. The first-order chi connectivity index (χ1) is 12.5. The normalized spacial score (nSPS) is 16.7. The number of rotatable bonds is 6. The van der Waals surface area contributed by atoms with E-state index in [0.29, 0.717) is 13.0 Å². The zero-order valence-corrected chi connectivity index (χ0v) is 14.2. The van der Waals surface area contributed by atoms with E-state index in [4.69, 9.17) is 0 Å². The Hall–Kier alpha value is -2.97. The number of nitrogens with zero attached hydrogens (tertiary/aromatic N) is 2. The number of carbonyl (C=O) groups is 3. The van der Waals surface area contributed by atoms with Crippen molar-refractivity contribution in [3.8, 4) is 0 Å². The predicted octanol–water partition coefficient (Wildman–Crippen LogP) is 1.82. The van der Waals surface area contributed by atoms with E-state index < -0.39 is 16.7 Å². The van der Waals surface area contributed by atoms with E-state index >= 15 is 0 Å². The van der Waals surface area contributed by atoms with Gasteiger partial charge in [-0.05, 0) is 25.3 Å². The van der Waals surface area contributed by atoms with Crippen LogP contribution in [-0.2, 0) is 0 Å². The fourth-order valence-corrected chi connectivity index (χ4v) is 3.34. The maximum Gasteiger partial charge on any atom is 0.315 e. The summed E-state index contributed by atoms with van der Waals surface area (Å²) < 4.78 is 0. The van der Waals surface area contributed by atoms with E-state index in [1.54, 1.807) is 0 Å². The molecule has 1 heterocycles. The third-order valence-electron chi connectivity index (χ3n) is 4.70. The van der Waals surface area contributed by atoms with Gasteiger partial charge in [0.1, 0.15) is 0 Å². The Morgan fingerprint density at radius 2 is 1.88 bits per heavy atom. The number of hydrogen-bond acceptors (Lipinski definition) is 5. The molecule has 0 radical (unpaired) electrons. The predicted molar refractivity (Wildman–Crippen MR) is 91.9 cm³/mol. The van der Waals surface area contributed by atoms with E-state index in [1.165, 1.54) is 12.1 Å². The van der Waals surface area contributed by atoms with Crippen LogP contribution in [0.4, 0.5) is 10.5 Å². The second kappa shape index (κ2) is 7.51. The van der Waals surface area contributed by atoms with Gasteiger partial charge in [0.05, 0.1) is 16.1 Å². The molecule has 0 bridgehead atoms. The maximum absolute atomic E-state index is 12.3. The SMILES string of the molecule is O=C(NCCCN1C(=O)c2ccc([N+](=O)[O-])cc2C1=O)NC1CCCC1. The lowest BCUT2D eigenvalue weighted by atomic mass is 10.1. The summed E-state index contributed by atoms with van der Waals surface area (Å²) in [6.07, 6.45) is 4.65. The van der Waals surface area contributed by atoms with Gasteiger partial charge in [-0.25, -0.2) is 4.79 Å². The average molecular weight is 360 g/mol. The summed E-state index contributed by atoms with van der Waals surface area (Å²) in [7, 11) is 0. The summed E-state index contributed by atoms with van der Waals surface area (Å²) >= 11 is 0. The lowest BCUT2D eigenvalue weighted by molar-refractivity contribution is -0.384. The van der Waals surface area contributed by atoms with Crippen LogP contribution >= 0.6 is 0 Å². The Kier molecular flexibility index (Phi) is 5.15. The minimum atomic E-state index is -0.604. The summed E-state index contributed by atoms with van der Waals surface area (Å²) in [5.74, 6) is -1.00. The number of imide groups is 1. The highest BCUT2D eigenvalue weighted by Crippen LogP contribution is 2.26. The van der Waals surface area contributed by atoms with Crippen molar-refractivity contribution in [2.75, 3.05) is 13.1 Å². The molecule has 2 aliphatic rings. The number of urea groups is 1. The standard InChI is InChI=1S/C17H20N4O5/c22-15-13-7-6-12(21(25)26)10-14(13)16(23)20(15)9-3-8-18-17(24)19-11-4-1-2-5-11/h6-7,10-11H,1-5,8-9H2,(H2,18,19,24). The van der Waals surface area contributed by atoms with E-state index in [9.17, 15) is 24.5 Å². The number of fused-ring (bicyclic) bond motifs is 1. The van der Waals surface area contributed by atoms with E-state index in [0.717, 1.165) is 36.6 Å². The molecule has 3 rings (SSSR count). The number of carbonyl (C=O) groups excluding carboxylic acids is 3. The molecule has 0 spiro atoms. The summed E-state index contributed by atoms with van der Waals surface area (Å²) in [6, 6.07) is 3.63. The van der Waals surface area contributed by atoms with Crippen LogP contribution < -0.4 is 10.6 Å². The van der Waals surface area contributed by atoms with Crippen molar-refractivity contribution in [1.29, 1.82) is 0 Å². The number of hydrogen-bond donors (Lipinski definition) is 2. The Morgan fingerprint density at radius 1 is 1.19 bits per heavy atom. The molecule has 0 unspecified atom stereocenters. The molecule has 0 atom stereocenters. The van der Waals surface area contributed by atoms with Crippen molar-refractivity contribution >= 4 is 23.5 Å². The second-order valence-electron chi connectivity index (χ2n) is 6.48. The Labute approximate surface area is 149 Å². The largest absolute Gasteiger partial charge is 0.338 e. The number of nitrogens with one attached hydrogen (secondary N) is 2. The van der Waals surface area contributed by atoms with Gasteiger partial charge in [0.15, 0.2) is 0 Å². The van der Waals surface area contributed by atoms with Crippen molar-refractivity contribution in [3.63, 3.8) is 0 Å². The van der Waals surface area contributed by atoms with Crippen LogP contribution in [0.1, 0.15) is 52.8 Å². The van der Waals surface area contributed by atoms with Gasteiger partial charge in [-0.2, -0.15) is 0 Å². The summed E-state index contributed by atoms with van der Waals surface area (Å²) in [6.45, 7) is 0.468. The molecule has 138 valence electrons. The van der Waals surface area contributed by atoms with Gasteiger partial charge < -0.3 is 10.6 Å². The van der Waals surface area contributed by atoms with Gasteiger partial charge in [0.25, 0.3) is 17.5 Å². The second-order valence-corrected chi connectivity index (χ2v) is 6.48. The molecule has 1 aliphatic carbocycles. The Morgan fingerprint density at radius 3 is 2.58 bits per heavy atom. The van der Waals surface area contributed by atoms with Gasteiger partial charge in [-0.15, -0.1) is 0 Å². The molecule has 4 amide bonds. The number of nitro benzene ring substituents is 1. The van der Waals surface area contributed by atoms with Gasteiger partial charge in [-0.1, -0.05) is 12.8 Å². The van der Waals surface area contributed by atoms with Gasteiger partial charge in [0, 0.05) is 31.3 Å². The first-order valence-electron chi connectivity index (χ1n) is 8.66. The number of benzene rings is 1. The van der Waals surface area contributed by atoms with Crippen molar-refractivity contribution in [2.45, 2.75) is 38.1 Å². The molecule has 1 aliphatic heterocycles. The van der Waals surface area contributed by atoms with Crippen molar-refractivity contribution in [3.05, 3.63) is 39.4 Å². The summed E-state index contributed by atoms with van der Waals surface area (Å²) in [5.41, 5.74) is 0.000622. The number of amides is 4. The molecule has 9 heteroatoms. The molecular formula is C17H20N4O5. The monoisotopic (exact) mass is 360 g/mol. The Balaban J connectivity index is 1.49. The first-order valence-corrected chi connectivity index (χ1v) is 8.66. The summed E-state index contributed by atoms with van der Waals surface area (Å²) in [4.78, 5) is 47.7. The molecule has 1 saturated carbocycles. The fraction of sp³-hybridized carbons (Fsp3) is 0.471. The third kappa shape index (κ3) is 3.66. The smallest absolute Gasteiger partial charge is 0.315 e. The molecule has 9 nitrogen and oxygen atoms in total. The molecular weight excluding hydrogens is 340 g/mol. The van der Waals surface area contributed by atoms with E-state index in [1.807, 2.05) is 0 Å². The van der Waals surface area contributed by atoms with Crippen LogP contribution in [0.3, 0.4) is 0 Å². The van der Waals surface area contributed by atoms with Crippen LogP contribution in [0, 0.1) is 10.1 Å². The van der Waals surface area contributed by atoms with Crippen LogP contribution in [0.25, 0.3) is 0 Å². The molecule has 0 aromatic heterocycles. The van der Waals surface area contributed by atoms with Crippen molar-refractivity contribution in [2.24, 2.45) is 0 Å². The third-order valence-corrected chi connectivity index (χ3v) is 4.70. The van der Waals surface area contributed by atoms with E-state index in [-0.39, 0.29) is 35.4 Å². The average Bonchev–Trinajstić information content (AvgIpc) is 3.20. The molecule has 2 N–H and O–H groups in total. The Bertz CT molecular complexity index is 758. The quantitative estimate of drug-likeness (QED) is 0.347. The zero-order chi connectivity index (χ0) is 18.7. The molecule has 26 heavy (non-hydrogen) atoms.